The van der Waals surface area contributed by atoms with Crippen molar-refractivity contribution in [1.29, 1.82) is 0 Å². The molecule has 0 fully saturated rings. The molecule has 0 amide bonds. The highest BCUT2D eigenvalue weighted by atomic mass is 35.5. The molecule has 0 radical (unpaired) electrons. The van der Waals surface area contributed by atoms with Crippen LogP contribution < -0.4 is 11.1 Å². The molecule has 2 rings (SSSR count). The molecule has 1 aromatic heterocycles. The van der Waals surface area contributed by atoms with E-state index in [1.807, 2.05) is 25.2 Å². The van der Waals surface area contributed by atoms with Gasteiger partial charge in [0.2, 0.25) is 0 Å². The number of aryl methyl sites for hydroxylation is 1. The smallest absolute Gasteiger partial charge is 0.171 e. The SMILES string of the molecule is Cl.Cn1cc(N)c(NCCc2ccccc2)n1. The van der Waals surface area contributed by atoms with Gasteiger partial charge >= 0.3 is 0 Å². The fourth-order valence-electron chi connectivity index (χ4n) is 1.61. The normalized spacial score (nSPS) is 9.71. The zero-order chi connectivity index (χ0) is 11.4. The molecular formula is C12H17ClN4. The van der Waals surface area contributed by atoms with Crippen molar-refractivity contribution < 1.29 is 0 Å². The van der Waals surface area contributed by atoms with E-state index in [2.05, 4.69) is 22.5 Å². The molecule has 1 heterocycles. The van der Waals surface area contributed by atoms with Crippen LogP contribution in [0, 0.1) is 0 Å². The number of nitrogens with zero attached hydrogens (tertiary/aromatic N) is 2. The maximum absolute atomic E-state index is 5.78. The van der Waals surface area contributed by atoms with Crippen LogP contribution in [0.25, 0.3) is 0 Å². The molecule has 0 aliphatic rings. The molecule has 0 aliphatic carbocycles. The Labute approximate surface area is 107 Å². The first-order valence-corrected chi connectivity index (χ1v) is 5.32. The summed E-state index contributed by atoms with van der Waals surface area (Å²) in [6.07, 6.45) is 2.77. The van der Waals surface area contributed by atoms with Crippen molar-refractivity contribution >= 4 is 23.9 Å². The molecule has 3 N–H and O–H groups in total. The fourth-order valence-corrected chi connectivity index (χ4v) is 1.61. The molecule has 0 spiro atoms. The van der Waals surface area contributed by atoms with Crippen molar-refractivity contribution in [2.24, 2.45) is 7.05 Å². The lowest BCUT2D eigenvalue weighted by Gasteiger charge is -2.03. The minimum Gasteiger partial charge on any atom is -0.394 e. The molecule has 5 heteroatoms. The molecule has 2 aromatic rings. The summed E-state index contributed by atoms with van der Waals surface area (Å²) in [5.41, 5.74) is 7.78. The van der Waals surface area contributed by atoms with Crippen molar-refractivity contribution in [3.8, 4) is 0 Å². The first-order chi connectivity index (χ1) is 7.75. The van der Waals surface area contributed by atoms with Crippen LogP contribution >= 0.6 is 12.4 Å². The lowest BCUT2D eigenvalue weighted by Crippen LogP contribution is -2.07. The van der Waals surface area contributed by atoms with Crippen molar-refractivity contribution in [3.05, 3.63) is 42.1 Å². The Hall–Kier alpha value is -1.68. The van der Waals surface area contributed by atoms with Gasteiger partial charge in [-0.1, -0.05) is 30.3 Å². The summed E-state index contributed by atoms with van der Waals surface area (Å²) in [6.45, 7) is 0.839. The highest BCUT2D eigenvalue weighted by Gasteiger charge is 2.02. The number of hydrogen-bond donors (Lipinski definition) is 2. The van der Waals surface area contributed by atoms with E-state index in [1.165, 1.54) is 5.56 Å². The summed E-state index contributed by atoms with van der Waals surface area (Å²) in [7, 11) is 1.86. The molecule has 0 unspecified atom stereocenters. The van der Waals surface area contributed by atoms with E-state index >= 15 is 0 Å². The number of hydrogen-bond acceptors (Lipinski definition) is 3. The minimum atomic E-state index is 0. The maximum Gasteiger partial charge on any atom is 0.171 e. The van der Waals surface area contributed by atoms with Crippen molar-refractivity contribution in [2.45, 2.75) is 6.42 Å². The lowest BCUT2D eigenvalue weighted by atomic mass is 10.1. The molecule has 0 aliphatic heterocycles. The molecular weight excluding hydrogens is 236 g/mol. The van der Waals surface area contributed by atoms with Gasteiger partial charge < -0.3 is 11.1 Å². The minimum absolute atomic E-state index is 0. The first-order valence-electron chi connectivity index (χ1n) is 5.32. The Morgan fingerprint density at radius 3 is 2.59 bits per heavy atom. The number of nitrogens with one attached hydrogen (secondary N) is 1. The van der Waals surface area contributed by atoms with Gasteiger partial charge in [-0.05, 0) is 12.0 Å². The summed E-state index contributed by atoms with van der Waals surface area (Å²) in [6, 6.07) is 10.3. The van der Waals surface area contributed by atoms with Gasteiger partial charge in [-0.25, -0.2) is 0 Å². The fraction of sp³-hybridized carbons (Fsp3) is 0.250. The van der Waals surface area contributed by atoms with E-state index < -0.39 is 0 Å². The number of nitrogen functional groups attached to an aromatic ring is 1. The Bertz CT molecular complexity index is 453. The summed E-state index contributed by atoms with van der Waals surface area (Å²) in [5.74, 6) is 0.762. The standard InChI is InChI=1S/C12H16N4.ClH/c1-16-9-11(13)12(15-16)14-8-7-10-5-3-2-4-6-10;/h2-6,9H,7-8,13H2,1H3,(H,14,15);1H. The summed E-state index contributed by atoms with van der Waals surface area (Å²) in [5, 5.41) is 7.45. The highest BCUT2D eigenvalue weighted by molar-refractivity contribution is 5.85. The van der Waals surface area contributed by atoms with Crippen LogP contribution in [0.1, 0.15) is 5.56 Å². The average Bonchev–Trinajstić information content (AvgIpc) is 2.59. The molecule has 0 atom stereocenters. The summed E-state index contributed by atoms with van der Waals surface area (Å²) in [4.78, 5) is 0. The third kappa shape index (κ3) is 3.67. The van der Waals surface area contributed by atoms with Crippen LogP contribution in [-0.4, -0.2) is 16.3 Å². The van der Waals surface area contributed by atoms with E-state index in [9.17, 15) is 0 Å². The molecule has 17 heavy (non-hydrogen) atoms. The highest BCUT2D eigenvalue weighted by Crippen LogP contribution is 2.13. The van der Waals surface area contributed by atoms with E-state index in [0.717, 1.165) is 18.8 Å². The van der Waals surface area contributed by atoms with E-state index in [-0.39, 0.29) is 12.4 Å². The van der Waals surface area contributed by atoms with E-state index in [0.29, 0.717) is 5.69 Å². The van der Waals surface area contributed by atoms with Gasteiger partial charge in [-0.2, -0.15) is 5.10 Å². The monoisotopic (exact) mass is 252 g/mol. The van der Waals surface area contributed by atoms with Crippen LogP contribution in [0.15, 0.2) is 36.5 Å². The van der Waals surface area contributed by atoms with Gasteiger partial charge in [-0.15, -0.1) is 12.4 Å². The van der Waals surface area contributed by atoms with Crippen LogP contribution in [0.2, 0.25) is 0 Å². The predicted octanol–water partition coefficient (Wildman–Crippen LogP) is 2.08. The summed E-state index contributed by atoms with van der Waals surface area (Å²) < 4.78 is 1.71. The summed E-state index contributed by atoms with van der Waals surface area (Å²) >= 11 is 0. The quantitative estimate of drug-likeness (QED) is 0.876. The van der Waals surface area contributed by atoms with Gasteiger partial charge in [0.05, 0.1) is 5.69 Å². The number of halogens is 1. The Kier molecular flexibility index (Phi) is 4.84. The number of nitrogens with two attached hydrogens (primary N) is 1. The van der Waals surface area contributed by atoms with Gasteiger partial charge in [-0.3, -0.25) is 4.68 Å². The molecule has 92 valence electrons. The van der Waals surface area contributed by atoms with Crippen molar-refractivity contribution in [2.75, 3.05) is 17.6 Å². The second-order valence-corrected chi connectivity index (χ2v) is 3.77. The molecule has 1 aromatic carbocycles. The zero-order valence-corrected chi connectivity index (χ0v) is 10.6. The first kappa shape index (κ1) is 13.4. The maximum atomic E-state index is 5.78. The lowest BCUT2D eigenvalue weighted by molar-refractivity contribution is 0.768. The van der Waals surface area contributed by atoms with Gasteiger partial charge in [0, 0.05) is 19.8 Å². The van der Waals surface area contributed by atoms with E-state index in [4.69, 9.17) is 5.73 Å². The van der Waals surface area contributed by atoms with Crippen molar-refractivity contribution in [1.82, 2.24) is 9.78 Å². The van der Waals surface area contributed by atoms with Crippen molar-refractivity contribution in [3.63, 3.8) is 0 Å². The van der Waals surface area contributed by atoms with Crippen LogP contribution in [0.5, 0.6) is 0 Å². The van der Waals surface area contributed by atoms with Gasteiger partial charge in [0.15, 0.2) is 5.82 Å². The Balaban J connectivity index is 0.00000144. The van der Waals surface area contributed by atoms with Gasteiger partial charge in [0.1, 0.15) is 0 Å². The third-order valence-corrected chi connectivity index (χ3v) is 2.41. The van der Waals surface area contributed by atoms with Gasteiger partial charge in [0.25, 0.3) is 0 Å². The molecule has 4 nitrogen and oxygen atoms in total. The number of aromatic nitrogens is 2. The molecule has 0 saturated heterocycles. The zero-order valence-electron chi connectivity index (χ0n) is 9.76. The second kappa shape index (κ2) is 6.15. The molecule has 0 saturated carbocycles. The average molecular weight is 253 g/mol. The van der Waals surface area contributed by atoms with E-state index in [1.54, 1.807) is 10.9 Å². The third-order valence-electron chi connectivity index (χ3n) is 2.41. The Morgan fingerprint density at radius 1 is 1.29 bits per heavy atom. The molecule has 0 bridgehead atoms. The largest absolute Gasteiger partial charge is 0.394 e. The second-order valence-electron chi connectivity index (χ2n) is 3.77. The topological polar surface area (TPSA) is 55.9 Å². The van der Waals surface area contributed by atoms with Crippen LogP contribution in [0.3, 0.4) is 0 Å². The Morgan fingerprint density at radius 2 is 2.00 bits per heavy atom. The number of benzene rings is 1. The van der Waals surface area contributed by atoms with Crippen LogP contribution in [0.4, 0.5) is 11.5 Å². The predicted molar refractivity (Wildman–Crippen MR) is 73.5 cm³/mol. The number of anilines is 2. The number of rotatable bonds is 4. The van der Waals surface area contributed by atoms with Crippen LogP contribution in [-0.2, 0) is 13.5 Å².